The van der Waals surface area contributed by atoms with E-state index in [4.69, 9.17) is 4.74 Å². The predicted octanol–water partition coefficient (Wildman–Crippen LogP) is 3.42. The van der Waals surface area contributed by atoms with Crippen molar-refractivity contribution in [2.75, 3.05) is 7.11 Å². The first kappa shape index (κ1) is 13.4. The van der Waals surface area contributed by atoms with Gasteiger partial charge in [0.2, 0.25) is 0 Å². The molecule has 7 heteroatoms. The summed E-state index contributed by atoms with van der Waals surface area (Å²) >= 11 is 0. The van der Waals surface area contributed by atoms with Crippen LogP contribution in [0.25, 0.3) is 17.0 Å². The molecule has 0 aliphatic heterocycles. The highest BCUT2D eigenvalue weighted by atomic mass is 19.4. The summed E-state index contributed by atoms with van der Waals surface area (Å²) in [5.74, 6) is 0.585. The maximum absolute atomic E-state index is 13.0. The van der Waals surface area contributed by atoms with Gasteiger partial charge in [-0.05, 0) is 12.1 Å². The molecular formula is C14H10F3N3O. The monoisotopic (exact) mass is 293 g/mol. The van der Waals surface area contributed by atoms with Crippen LogP contribution in [0.4, 0.5) is 13.2 Å². The van der Waals surface area contributed by atoms with E-state index in [-0.39, 0.29) is 11.4 Å². The first-order valence-corrected chi connectivity index (χ1v) is 6.06. The maximum Gasteiger partial charge on any atom is 0.417 e. The number of hydrogen-bond donors (Lipinski definition) is 0. The highest BCUT2D eigenvalue weighted by molar-refractivity contribution is 5.63. The number of alkyl halides is 3. The molecule has 0 bridgehead atoms. The molecule has 0 aliphatic rings. The molecule has 108 valence electrons. The highest BCUT2D eigenvalue weighted by Crippen LogP contribution is 2.35. The molecule has 0 amide bonds. The third kappa shape index (κ3) is 2.42. The van der Waals surface area contributed by atoms with E-state index in [1.807, 2.05) is 0 Å². The molecule has 0 saturated carbocycles. The van der Waals surface area contributed by atoms with E-state index in [0.717, 1.165) is 6.07 Å². The Morgan fingerprint density at radius 1 is 1.14 bits per heavy atom. The van der Waals surface area contributed by atoms with Gasteiger partial charge in [0.15, 0.2) is 11.5 Å². The average Bonchev–Trinajstić information content (AvgIpc) is 2.89. The van der Waals surface area contributed by atoms with Gasteiger partial charge in [-0.3, -0.25) is 0 Å². The summed E-state index contributed by atoms with van der Waals surface area (Å²) in [4.78, 5) is 4.14. The third-order valence-electron chi connectivity index (χ3n) is 3.02. The zero-order valence-corrected chi connectivity index (χ0v) is 10.9. The van der Waals surface area contributed by atoms with Crippen LogP contribution in [0.5, 0.6) is 5.75 Å². The van der Waals surface area contributed by atoms with Crippen LogP contribution in [0.15, 0.2) is 42.6 Å². The van der Waals surface area contributed by atoms with Gasteiger partial charge in [-0.1, -0.05) is 18.2 Å². The molecule has 0 fully saturated rings. The topological polar surface area (TPSA) is 39.4 Å². The van der Waals surface area contributed by atoms with Crippen molar-refractivity contribution in [3.05, 3.63) is 48.2 Å². The van der Waals surface area contributed by atoms with E-state index in [1.54, 1.807) is 18.3 Å². The molecule has 3 aromatic rings. The average molecular weight is 293 g/mol. The first-order valence-electron chi connectivity index (χ1n) is 6.06. The van der Waals surface area contributed by atoms with E-state index in [0.29, 0.717) is 11.4 Å². The number of halogens is 3. The summed E-state index contributed by atoms with van der Waals surface area (Å²) in [7, 11) is 1.50. The van der Waals surface area contributed by atoms with Gasteiger partial charge in [-0.25, -0.2) is 9.50 Å². The summed E-state index contributed by atoms with van der Waals surface area (Å²) in [5, 5.41) is 4.08. The second-order valence-electron chi connectivity index (χ2n) is 4.35. The van der Waals surface area contributed by atoms with E-state index < -0.39 is 11.7 Å². The lowest BCUT2D eigenvalue weighted by atomic mass is 10.1. The Morgan fingerprint density at radius 3 is 2.62 bits per heavy atom. The van der Waals surface area contributed by atoms with Crippen molar-refractivity contribution < 1.29 is 17.9 Å². The Bertz CT molecular complexity index is 796. The molecule has 0 radical (unpaired) electrons. The second-order valence-corrected chi connectivity index (χ2v) is 4.35. The first-order chi connectivity index (χ1) is 9.99. The van der Waals surface area contributed by atoms with Crippen LogP contribution in [0.1, 0.15) is 5.56 Å². The lowest BCUT2D eigenvalue weighted by Crippen LogP contribution is -2.07. The summed E-state index contributed by atoms with van der Waals surface area (Å²) < 4.78 is 45.5. The Morgan fingerprint density at radius 2 is 1.90 bits per heavy atom. The lowest BCUT2D eigenvalue weighted by Gasteiger charge is -2.09. The van der Waals surface area contributed by atoms with Gasteiger partial charge >= 0.3 is 6.18 Å². The van der Waals surface area contributed by atoms with Gasteiger partial charge in [-0.2, -0.15) is 13.2 Å². The molecule has 1 aromatic carbocycles. The summed E-state index contributed by atoms with van der Waals surface area (Å²) in [6.45, 7) is 0. The molecule has 2 aromatic heterocycles. The van der Waals surface area contributed by atoms with Gasteiger partial charge in [0, 0.05) is 17.8 Å². The maximum atomic E-state index is 13.0. The number of benzene rings is 1. The number of rotatable bonds is 2. The zero-order chi connectivity index (χ0) is 15.0. The molecule has 3 rings (SSSR count). The van der Waals surface area contributed by atoms with Crippen molar-refractivity contribution >= 4 is 5.65 Å². The number of nitrogens with zero attached hydrogens (tertiary/aromatic N) is 3. The SMILES string of the molecule is COc1ccn2nc(-c3ccccc3C(F)(F)F)nc2c1. The van der Waals surface area contributed by atoms with Crippen LogP contribution in [-0.2, 0) is 6.18 Å². The zero-order valence-electron chi connectivity index (χ0n) is 10.9. The summed E-state index contributed by atoms with van der Waals surface area (Å²) in [6.07, 6.45) is -2.87. The van der Waals surface area contributed by atoms with Crippen LogP contribution in [0.3, 0.4) is 0 Å². The Hall–Kier alpha value is -2.57. The molecule has 0 spiro atoms. The largest absolute Gasteiger partial charge is 0.497 e. The van der Waals surface area contributed by atoms with Gasteiger partial charge in [0.1, 0.15) is 5.75 Å². The number of methoxy groups -OCH3 is 1. The standard InChI is InChI=1S/C14H10F3N3O/c1-21-9-6-7-20-12(8-9)18-13(19-20)10-4-2-3-5-11(10)14(15,16)17/h2-8H,1H3. The molecule has 0 saturated heterocycles. The fraction of sp³-hybridized carbons (Fsp3) is 0.143. The molecule has 0 atom stereocenters. The number of ether oxygens (including phenoxy) is 1. The molecule has 0 unspecified atom stereocenters. The lowest BCUT2D eigenvalue weighted by molar-refractivity contribution is -0.137. The second kappa shape index (κ2) is 4.76. The quantitative estimate of drug-likeness (QED) is 0.726. The van der Waals surface area contributed by atoms with E-state index in [2.05, 4.69) is 10.1 Å². The number of hydrogen-bond acceptors (Lipinski definition) is 3. The van der Waals surface area contributed by atoms with Gasteiger partial charge < -0.3 is 4.74 Å². The predicted molar refractivity (Wildman–Crippen MR) is 70.0 cm³/mol. The van der Waals surface area contributed by atoms with Crippen LogP contribution in [-0.4, -0.2) is 21.7 Å². The fourth-order valence-electron chi connectivity index (χ4n) is 2.03. The van der Waals surface area contributed by atoms with Gasteiger partial charge in [-0.15, -0.1) is 5.10 Å². The summed E-state index contributed by atoms with van der Waals surface area (Å²) in [5.41, 5.74) is -0.387. The van der Waals surface area contributed by atoms with Crippen LogP contribution >= 0.6 is 0 Å². The molecule has 4 nitrogen and oxygen atoms in total. The Labute approximate surface area is 117 Å². The normalized spacial score (nSPS) is 11.8. The molecule has 2 heterocycles. The number of aromatic nitrogens is 3. The van der Waals surface area contributed by atoms with E-state index >= 15 is 0 Å². The number of fused-ring (bicyclic) bond motifs is 1. The summed E-state index contributed by atoms with van der Waals surface area (Å²) in [6, 6.07) is 8.49. The van der Waals surface area contributed by atoms with Crippen molar-refractivity contribution in [2.24, 2.45) is 0 Å². The molecular weight excluding hydrogens is 283 g/mol. The van der Waals surface area contributed by atoms with Crippen molar-refractivity contribution in [3.63, 3.8) is 0 Å². The Kier molecular flexibility index (Phi) is 3.04. The van der Waals surface area contributed by atoms with Crippen molar-refractivity contribution in [2.45, 2.75) is 6.18 Å². The minimum atomic E-state index is -4.45. The van der Waals surface area contributed by atoms with Crippen LogP contribution in [0, 0.1) is 0 Å². The minimum Gasteiger partial charge on any atom is -0.497 e. The van der Waals surface area contributed by atoms with E-state index in [9.17, 15) is 13.2 Å². The Balaban J connectivity index is 2.17. The fourth-order valence-corrected chi connectivity index (χ4v) is 2.03. The van der Waals surface area contributed by atoms with Gasteiger partial charge in [0.05, 0.1) is 12.7 Å². The van der Waals surface area contributed by atoms with Crippen molar-refractivity contribution in [3.8, 4) is 17.1 Å². The molecule has 21 heavy (non-hydrogen) atoms. The van der Waals surface area contributed by atoms with Crippen LogP contribution < -0.4 is 4.74 Å². The minimum absolute atomic E-state index is 0.0242. The van der Waals surface area contributed by atoms with E-state index in [1.165, 1.54) is 29.8 Å². The van der Waals surface area contributed by atoms with Crippen molar-refractivity contribution in [1.29, 1.82) is 0 Å². The molecule has 0 N–H and O–H groups in total. The van der Waals surface area contributed by atoms with Gasteiger partial charge in [0.25, 0.3) is 0 Å². The molecule has 0 aliphatic carbocycles. The highest BCUT2D eigenvalue weighted by Gasteiger charge is 2.34. The third-order valence-corrected chi connectivity index (χ3v) is 3.02. The van der Waals surface area contributed by atoms with Crippen LogP contribution in [0.2, 0.25) is 0 Å². The number of pyridine rings is 1. The smallest absolute Gasteiger partial charge is 0.417 e. The van der Waals surface area contributed by atoms with Crippen molar-refractivity contribution in [1.82, 2.24) is 14.6 Å².